The van der Waals surface area contributed by atoms with Crippen molar-refractivity contribution in [1.29, 1.82) is 0 Å². The zero-order valence-electron chi connectivity index (χ0n) is 26.0. The summed E-state index contributed by atoms with van der Waals surface area (Å²) in [5, 5.41) is 3.62. The number of methoxy groups -OCH3 is 2. The van der Waals surface area contributed by atoms with E-state index in [4.69, 9.17) is 32.7 Å². The number of benzene rings is 4. The van der Waals surface area contributed by atoms with Crippen LogP contribution in [-0.4, -0.2) is 21.3 Å². The highest BCUT2D eigenvalue weighted by Crippen LogP contribution is 2.50. The van der Waals surface area contributed by atoms with E-state index in [9.17, 15) is 0 Å². The summed E-state index contributed by atoms with van der Waals surface area (Å²) in [6.07, 6.45) is 7.11. The summed E-state index contributed by atoms with van der Waals surface area (Å²) >= 11 is 13.0. The van der Waals surface area contributed by atoms with Crippen LogP contribution in [0.2, 0.25) is 10.0 Å². The molecule has 0 saturated carbocycles. The van der Waals surface area contributed by atoms with Crippen molar-refractivity contribution in [2.45, 2.75) is 44.9 Å². The fraction of sp³-hybridized carbons (Fsp3) is 0.263. The molecule has 0 radical (unpaired) electrons. The molecule has 1 unspecified atom stereocenters. The van der Waals surface area contributed by atoms with Crippen molar-refractivity contribution in [3.63, 3.8) is 0 Å². The summed E-state index contributed by atoms with van der Waals surface area (Å²) in [5.41, 5.74) is 7.26. The highest BCUT2D eigenvalue weighted by Gasteiger charge is 2.39. The fourth-order valence-corrected chi connectivity index (χ4v) is 7.02. The van der Waals surface area contributed by atoms with Crippen LogP contribution in [0.3, 0.4) is 0 Å². The zero-order valence-corrected chi connectivity index (χ0v) is 27.5. The van der Waals surface area contributed by atoms with E-state index in [1.54, 1.807) is 14.2 Å². The van der Waals surface area contributed by atoms with Gasteiger partial charge < -0.3 is 14.4 Å². The van der Waals surface area contributed by atoms with Crippen LogP contribution in [0.5, 0.6) is 11.5 Å². The lowest BCUT2D eigenvalue weighted by atomic mass is 9.70. The van der Waals surface area contributed by atoms with E-state index in [0.29, 0.717) is 16.5 Å². The molecule has 4 aromatic carbocycles. The van der Waals surface area contributed by atoms with Crippen LogP contribution < -0.4 is 14.4 Å². The maximum atomic E-state index is 6.59. The lowest BCUT2D eigenvalue weighted by Crippen LogP contribution is -2.28. The molecule has 222 valence electrons. The molecule has 3 nitrogen and oxygen atoms in total. The minimum absolute atomic E-state index is 0.170. The Morgan fingerprint density at radius 1 is 0.977 bits per heavy atom. The topological polar surface area (TPSA) is 21.7 Å². The summed E-state index contributed by atoms with van der Waals surface area (Å²) in [5.74, 6) is 1.51. The molecule has 1 aliphatic heterocycles. The number of likely N-dealkylation sites (N-methyl/N-ethyl adjacent to an activating group) is 1. The van der Waals surface area contributed by atoms with E-state index in [1.165, 1.54) is 27.7 Å². The molecule has 4 aromatic rings. The predicted molar refractivity (Wildman–Crippen MR) is 184 cm³/mol. The average molecular weight is 613 g/mol. The van der Waals surface area contributed by atoms with Gasteiger partial charge in [-0.1, -0.05) is 99.1 Å². The quantitative estimate of drug-likeness (QED) is 0.185. The number of aryl methyl sites for hydroxylation is 1. The number of rotatable bonds is 8. The van der Waals surface area contributed by atoms with E-state index in [1.807, 2.05) is 24.3 Å². The Labute approximate surface area is 266 Å². The van der Waals surface area contributed by atoms with Gasteiger partial charge in [0.15, 0.2) is 0 Å². The number of anilines is 1. The maximum Gasteiger partial charge on any atom is 0.125 e. The van der Waals surface area contributed by atoms with Gasteiger partial charge in [-0.15, -0.1) is 0 Å². The standard InChI is InChI=1S/C38H39Cl2NO2/c1-24-20-31(39)32(40)22-30(24)38(5,23-27-16-18-28(42-7)21-34(27)43-8)25(2)12-11-15-35-37(3,4)36-29-14-10-9-13-26(29)17-19-33(36)41(35)6/h9-22H,2,23H2,1,3-8H3/b12-11+,35-15+. The molecule has 1 atom stereocenters. The van der Waals surface area contributed by atoms with Gasteiger partial charge in [0.05, 0.1) is 24.3 Å². The van der Waals surface area contributed by atoms with E-state index < -0.39 is 5.41 Å². The summed E-state index contributed by atoms with van der Waals surface area (Å²) in [6, 6.07) is 22.9. The lowest BCUT2D eigenvalue weighted by molar-refractivity contribution is 0.388. The Balaban J connectivity index is 1.55. The number of fused-ring (bicyclic) bond motifs is 3. The van der Waals surface area contributed by atoms with Gasteiger partial charge in [0.2, 0.25) is 0 Å². The number of hydrogen-bond donors (Lipinski definition) is 0. The van der Waals surface area contributed by atoms with Crippen LogP contribution in [0.4, 0.5) is 5.69 Å². The summed E-state index contributed by atoms with van der Waals surface area (Å²) in [6.45, 7) is 13.5. The Morgan fingerprint density at radius 3 is 2.42 bits per heavy atom. The van der Waals surface area contributed by atoms with Gasteiger partial charge >= 0.3 is 0 Å². The van der Waals surface area contributed by atoms with Crippen molar-refractivity contribution < 1.29 is 9.47 Å². The van der Waals surface area contributed by atoms with Crippen LogP contribution in [-0.2, 0) is 17.3 Å². The highest BCUT2D eigenvalue weighted by molar-refractivity contribution is 6.42. The monoisotopic (exact) mass is 611 g/mol. The Morgan fingerprint density at radius 2 is 1.70 bits per heavy atom. The van der Waals surface area contributed by atoms with Gasteiger partial charge in [-0.25, -0.2) is 0 Å². The summed E-state index contributed by atoms with van der Waals surface area (Å²) < 4.78 is 11.2. The first kappa shape index (κ1) is 30.8. The summed E-state index contributed by atoms with van der Waals surface area (Å²) in [7, 11) is 5.49. The first-order chi connectivity index (χ1) is 20.4. The molecule has 1 aliphatic rings. The molecule has 0 N–H and O–H groups in total. The molecular weight excluding hydrogens is 573 g/mol. The maximum absolute atomic E-state index is 6.59. The molecular formula is C38H39Cl2NO2. The lowest BCUT2D eigenvalue weighted by Gasteiger charge is -2.34. The molecule has 0 amide bonds. The van der Waals surface area contributed by atoms with E-state index in [-0.39, 0.29) is 5.41 Å². The van der Waals surface area contributed by atoms with Gasteiger partial charge in [0.1, 0.15) is 11.5 Å². The normalized spacial score (nSPS) is 16.5. The van der Waals surface area contributed by atoms with Gasteiger partial charge in [-0.3, -0.25) is 0 Å². The zero-order chi connectivity index (χ0) is 31.1. The third-order valence-corrected chi connectivity index (χ3v) is 9.78. The Hall–Kier alpha value is -3.66. The predicted octanol–water partition coefficient (Wildman–Crippen LogP) is 10.4. The number of halogens is 2. The minimum atomic E-state index is -0.508. The van der Waals surface area contributed by atoms with E-state index >= 15 is 0 Å². The molecule has 43 heavy (non-hydrogen) atoms. The second-order valence-corrected chi connectivity index (χ2v) is 12.9. The van der Waals surface area contributed by atoms with Crippen LogP contribution in [0, 0.1) is 6.92 Å². The van der Waals surface area contributed by atoms with Crippen LogP contribution in [0.1, 0.15) is 43.0 Å². The van der Waals surface area contributed by atoms with Gasteiger partial charge in [-0.2, -0.15) is 0 Å². The highest BCUT2D eigenvalue weighted by atomic mass is 35.5. The van der Waals surface area contributed by atoms with Crippen molar-refractivity contribution >= 4 is 39.7 Å². The molecule has 0 spiro atoms. The molecule has 5 rings (SSSR count). The third-order valence-electron chi connectivity index (χ3n) is 9.06. The first-order valence-electron chi connectivity index (χ1n) is 14.4. The molecule has 0 aliphatic carbocycles. The van der Waals surface area contributed by atoms with Gasteiger partial charge in [0.25, 0.3) is 0 Å². The molecule has 0 aromatic heterocycles. The van der Waals surface area contributed by atoms with Gasteiger partial charge in [0, 0.05) is 35.3 Å². The van der Waals surface area contributed by atoms with Crippen molar-refractivity contribution in [2.75, 3.05) is 26.2 Å². The second-order valence-electron chi connectivity index (χ2n) is 12.1. The number of ether oxygens (including phenoxy) is 2. The van der Waals surface area contributed by atoms with E-state index in [0.717, 1.165) is 33.8 Å². The second kappa shape index (κ2) is 11.8. The molecule has 0 bridgehead atoms. The van der Waals surface area contributed by atoms with Crippen molar-refractivity contribution in [3.05, 3.63) is 135 Å². The van der Waals surface area contributed by atoms with Gasteiger partial charge in [-0.05, 0) is 82.3 Å². The number of allylic oxidation sites excluding steroid dienone is 5. The van der Waals surface area contributed by atoms with E-state index in [2.05, 4.69) is 107 Å². The van der Waals surface area contributed by atoms with Crippen molar-refractivity contribution in [3.8, 4) is 11.5 Å². The number of nitrogens with zero attached hydrogens (tertiary/aromatic N) is 1. The molecule has 5 heteroatoms. The Kier molecular flexibility index (Phi) is 8.44. The average Bonchev–Trinajstić information content (AvgIpc) is 3.19. The molecule has 1 heterocycles. The van der Waals surface area contributed by atoms with Crippen LogP contribution in [0.15, 0.2) is 103 Å². The first-order valence-corrected chi connectivity index (χ1v) is 15.2. The smallest absolute Gasteiger partial charge is 0.125 e. The van der Waals surface area contributed by atoms with Crippen molar-refractivity contribution in [2.24, 2.45) is 0 Å². The molecule has 0 saturated heterocycles. The van der Waals surface area contributed by atoms with Crippen molar-refractivity contribution in [1.82, 2.24) is 0 Å². The largest absolute Gasteiger partial charge is 0.497 e. The summed E-state index contributed by atoms with van der Waals surface area (Å²) in [4.78, 5) is 2.30. The number of hydrogen-bond acceptors (Lipinski definition) is 3. The SMILES string of the molecule is C=C(/C=C/C=C1/N(C)c2ccc3ccccc3c2C1(C)C)C(C)(Cc1ccc(OC)cc1OC)c1cc(Cl)c(Cl)cc1C. The minimum Gasteiger partial charge on any atom is -0.497 e. The Bertz CT molecular complexity index is 1780. The molecule has 0 fully saturated rings. The third kappa shape index (κ3) is 5.46. The van der Waals surface area contributed by atoms with Crippen LogP contribution >= 0.6 is 23.2 Å². The fourth-order valence-electron chi connectivity index (χ4n) is 6.63. The van der Waals surface area contributed by atoms with Crippen LogP contribution in [0.25, 0.3) is 10.8 Å².